The van der Waals surface area contributed by atoms with Gasteiger partial charge in [0.15, 0.2) is 5.58 Å². The number of ether oxygens (including phenoxy) is 1. The van der Waals surface area contributed by atoms with Crippen molar-refractivity contribution < 1.29 is 23.3 Å². The number of aliphatic hydroxyl groups is 1. The number of nitrogens with one attached hydrogen (secondary N) is 2. The molecule has 2 heterocycles. The highest BCUT2D eigenvalue weighted by Crippen LogP contribution is 2.19. The Hall–Kier alpha value is -2.59. The number of carbonyl (C=O) groups excluding carboxylic acids is 1. The van der Waals surface area contributed by atoms with Crippen LogP contribution in [0.3, 0.4) is 0 Å². The Morgan fingerprint density at radius 3 is 2.47 bits per heavy atom. The van der Waals surface area contributed by atoms with Crippen molar-refractivity contribution in [2.24, 2.45) is 0 Å². The van der Waals surface area contributed by atoms with E-state index in [1.807, 2.05) is 42.5 Å². The molecule has 1 saturated heterocycles. The summed E-state index contributed by atoms with van der Waals surface area (Å²) in [6, 6.07) is 16.3. The molecule has 3 aromatic rings. The van der Waals surface area contributed by atoms with Crippen LogP contribution in [0.15, 0.2) is 59.0 Å². The third kappa shape index (κ3) is 8.81. The van der Waals surface area contributed by atoms with Gasteiger partial charge in [-0.2, -0.15) is 0 Å². The molecule has 8 nitrogen and oxygen atoms in total. The van der Waals surface area contributed by atoms with E-state index in [2.05, 4.69) is 29.5 Å². The Labute approximate surface area is 215 Å². The van der Waals surface area contributed by atoms with Gasteiger partial charge in [0.05, 0.1) is 12.6 Å². The SMILES string of the molecule is CCC.O=C(NCC(O)c1nc2ccccc2o1)C(CS(=O)Cc1ccccc1)NC1CCOCC1. The molecule has 3 atom stereocenters. The summed E-state index contributed by atoms with van der Waals surface area (Å²) in [5.74, 6) is 0.402. The first kappa shape index (κ1) is 28.0. The van der Waals surface area contributed by atoms with E-state index in [4.69, 9.17) is 9.15 Å². The van der Waals surface area contributed by atoms with E-state index in [1.165, 1.54) is 6.42 Å². The fourth-order valence-electron chi connectivity index (χ4n) is 3.79. The van der Waals surface area contributed by atoms with E-state index in [-0.39, 0.29) is 30.1 Å². The van der Waals surface area contributed by atoms with Crippen LogP contribution >= 0.6 is 0 Å². The van der Waals surface area contributed by atoms with E-state index < -0.39 is 22.9 Å². The Bertz CT molecular complexity index is 1050. The minimum atomic E-state index is -1.23. The standard InChI is InChI=1S/C24H29N3O5S.C3H8/c28-21(24-27-19-8-4-5-9-22(19)32-24)14-25-23(29)20(26-18-10-12-31-13-11-18)16-33(30)15-17-6-2-1-3-7-17;1-3-2/h1-9,18,20-21,26,28H,10-16H2,(H,25,29);3H2,1-2H3. The number of hydrogen-bond acceptors (Lipinski definition) is 7. The molecule has 0 aliphatic carbocycles. The van der Waals surface area contributed by atoms with E-state index in [0.29, 0.717) is 30.1 Å². The average molecular weight is 516 g/mol. The maximum atomic E-state index is 13.0. The molecule has 0 radical (unpaired) electrons. The third-order valence-electron chi connectivity index (χ3n) is 5.56. The van der Waals surface area contributed by atoms with Crippen LogP contribution in [0.1, 0.15) is 50.7 Å². The van der Waals surface area contributed by atoms with Crippen molar-refractivity contribution in [2.45, 2.75) is 57.1 Å². The number of aromatic nitrogens is 1. The fraction of sp³-hybridized carbons (Fsp3) is 0.481. The Balaban J connectivity index is 0.00000115. The van der Waals surface area contributed by atoms with Crippen molar-refractivity contribution in [1.82, 2.24) is 15.6 Å². The van der Waals surface area contributed by atoms with E-state index in [0.717, 1.165) is 18.4 Å². The van der Waals surface area contributed by atoms with Crippen LogP contribution in [0, 0.1) is 0 Å². The first-order valence-electron chi connectivity index (χ1n) is 12.5. The highest BCUT2D eigenvalue weighted by molar-refractivity contribution is 7.84. The topological polar surface area (TPSA) is 114 Å². The minimum Gasteiger partial charge on any atom is -0.438 e. The zero-order chi connectivity index (χ0) is 25.8. The Morgan fingerprint density at radius 2 is 1.78 bits per heavy atom. The normalized spacial score (nSPS) is 16.5. The van der Waals surface area contributed by atoms with Gasteiger partial charge in [-0.15, -0.1) is 0 Å². The lowest BCUT2D eigenvalue weighted by molar-refractivity contribution is -0.123. The third-order valence-corrected chi connectivity index (χ3v) is 6.92. The largest absolute Gasteiger partial charge is 0.438 e. The smallest absolute Gasteiger partial charge is 0.238 e. The molecule has 1 amide bonds. The molecule has 1 aliphatic rings. The van der Waals surface area contributed by atoms with Crippen LogP contribution in [0.2, 0.25) is 0 Å². The monoisotopic (exact) mass is 515 g/mol. The second kappa shape index (κ2) is 14.8. The summed E-state index contributed by atoms with van der Waals surface area (Å²) in [6.07, 6.45) is 1.75. The summed E-state index contributed by atoms with van der Waals surface area (Å²) in [7, 11) is -1.23. The number of para-hydroxylation sites is 2. The van der Waals surface area contributed by atoms with Gasteiger partial charge >= 0.3 is 0 Å². The molecule has 2 aromatic carbocycles. The molecule has 4 rings (SSSR count). The first-order valence-corrected chi connectivity index (χ1v) is 14.0. The number of fused-ring (bicyclic) bond motifs is 1. The second-order valence-electron chi connectivity index (χ2n) is 8.83. The van der Waals surface area contributed by atoms with Gasteiger partial charge in [-0.05, 0) is 30.5 Å². The molecule has 9 heteroatoms. The molecule has 36 heavy (non-hydrogen) atoms. The van der Waals surface area contributed by atoms with Gasteiger partial charge in [0.25, 0.3) is 0 Å². The van der Waals surface area contributed by atoms with Crippen LogP contribution < -0.4 is 10.6 Å². The Morgan fingerprint density at radius 1 is 1.11 bits per heavy atom. The molecular formula is C27H37N3O5S. The number of hydrogen-bond donors (Lipinski definition) is 3. The number of rotatable bonds is 10. The Kier molecular flexibility index (Phi) is 11.5. The van der Waals surface area contributed by atoms with Crippen molar-refractivity contribution in [1.29, 1.82) is 0 Å². The van der Waals surface area contributed by atoms with E-state index >= 15 is 0 Å². The van der Waals surface area contributed by atoms with Gasteiger partial charge in [-0.1, -0.05) is 62.7 Å². The minimum absolute atomic E-state index is 0.0526. The van der Waals surface area contributed by atoms with Crippen molar-refractivity contribution in [3.8, 4) is 0 Å². The van der Waals surface area contributed by atoms with Gasteiger partial charge in [-0.25, -0.2) is 4.98 Å². The molecule has 0 bridgehead atoms. The number of carbonyl (C=O) groups is 1. The number of amides is 1. The number of oxazole rings is 1. The van der Waals surface area contributed by atoms with E-state index in [9.17, 15) is 14.1 Å². The lowest BCUT2D eigenvalue weighted by Crippen LogP contribution is -2.52. The number of nitrogens with zero attached hydrogens (tertiary/aromatic N) is 1. The van der Waals surface area contributed by atoms with Crippen molar-refractivity contribution in [3.63, 3.8) is 0 Å². The second-order valence-corrected chi connectivity index (χ2v) is 10.3. The van der Waals surface area contributed by atoms with Gasteiger partial charge in [0.2, 0.25) is 11.8 Å². The molecule has 1 aliphatic heterocycles. The van der Waals surface area contributed by atoms with Crippen molar-refractivity contribution in [2.75, 3.05) is 25.5 Å². The van der Waals surface area contributed by atoms with Gasteiger partial charge < -0.3 is 24.9 Å². The highest BCUT2D eigenvalue weighted by Gasteiger charge is 2.26. The van der Waals surface area contributed by atoms with Gasteiger partial charge in [0, 0.05) is 41.6 Å². The van der Waals surface area contributed by atoms with Crippen LogP contribution in [0.5, 0.6) is 0 Å². The zero-order valence-electron chi connectivity index (χ0n) is 21.0. The maximum absolute atomic E-state index is 13.0. The highest BCUT2D eigenvalue weighted by atomic mass is 32.2. The van der Waals surface area contributed by atoms with Crippen molar-refractivity contribution >= 4 is 27.8 Å². The lowest BCUT2D eigenvalue weighted by atomic mass is 10.1. The molecule has 1 aromatic heterocycles. The molecule has 1 fully saturated rings. The van der Waals surface area contributed by atoms with Crippen LogP contribution in [-0.2, 0) is 26.1 Å². The lowest BCUT2D eigenvalue weighted by Gasteiger charge is -2.28. The summed E-state index contributed by atoms with van der Waals surface area (Å²) >= 11 is 0. The van der Waals surface area contributed by atoms with Crippen molar-refractivity contribution in [3.05, 3.63) is 66.1 Å². The fourth-order valence-corrected chi connectivity index (χ4v) is 5.10. The molecular weight excluding hydrogens is 478 g/mol. The predicted molar refractivity (Wildman–Crippen MR) is 142 cm³/mol. The van der Waals surface area contributed by atoms with Gasteiger partial charge in [-0.3, -0.25) is 9.00 Å². The number of benzene rings is 2. The van der Waals surface area contributed by atoms with Crippen LogP contribution in [-0.4, -0.2) is 57.8 Å². The summed E-state index contributed by atoms with van der Waals surface area (Å²) in [5.41, 5.74) is 2.19. The summed E-state index contributed by atoms with van der Waals surface area (Å²) < 4.78 is 23.8. The molecule has 3 N–H and O–H groups in total. The first-order chi connectivity index (χ1) is 17.5. The molecule has 0 spiro atoms. The summed E-state index contributed by atoms with van der Waals surface area (Å²) in [6.45, 7) is 5.47. The quantitative estimate of drug-likeness (QED) is 0.379. The number of aliphatic hydroxyl groups excluding tert-OH is 1. The van der Waals surface area contributed by atoms with Crippen LogP contribution in [0.25, 0.3) is 11.1 Å². The molecule has 0 saturated carbocycles. The molecule has 3 unspecified atom stereocenters. The summed E-state index contributed by atoms with van der Waals surface area (Å²) in [5, 5.41) is 16.6. The predicted octanol–water partition coefficient (Wildman–Crippen LogP) is 3.48. The van der Waals surface area contributed by atoms with E-state index in [1.54, 1.807) is 12.1 Å². The summed E-state index contributed by atoms with van der Waals surface area (Å²) in [4.78, 5) is 17.3. The van der Waals surface area contributed by atoms with Gasteiger partial charge in [0.1, 0.15) is 11.6 Å². The molecule has 196 valence electrons. The average Bonchev–Trinajstić information content (AvgIpc) is 3.33. The maximum Gasteiger partial charge on any atom is 0.238 e. The van der Waals surface area contributed by atoms with Crippen LogP contribution in [0.4, 0.5) is 0 Å². The zero-order valence-corrected chi connectivity index (χ0v) is 21.8.